The molecular weight excluding hydrogens is 90.0 g/mol. The number of hydrogen-bond donors (Lipinski definition) is 1. The Kier molecular flexibility index (Phi) is 0.535. The highest BCUT2D eigenvalue weighted by Crippen LogP contribution is 2.01. The molecule has 1 atom stereocenters. The molecular formula is H2N2P2. The van der Waals surface area contributed by atoms with E-state index in [4.69, 9.17) is 0 Å². The molecule has 0 aliphatic heterocycles. The van der Waals surface area contributed by atoms with Crippen LogP contribution in [0.1, 0.15) is 0 Å². The van der Waals surface area contributed by atoms with E-state index in [0.717, 1.165) is 8.51 Å². The van der Waals surface area contributed by atoms with Crippen molar-refractivity contribution in [3.8, 4) is 0 Å². The van der Waals surface area contributed by atoms with Gasteiger partial charge in [-0.3, -0.25) is 0 Å². The predicted octanol–water partition coefficient (Wildman–Crippen LogP) is 1.02. The molecule has 2 nitrogen and oxygen atoms in total. The first-order chi connectivity index (χ1) is 2.00. The van der Waals surface area contributed by atoms with Crippen molar-refractivity contribution in [1.82, 2.24) is 9.02 Å². The second-order valence-electron chi connectivity index (χ2n) is 0.424. The lowest BCUT2D eigenvalue weighted by atomic mass is 13.9. The first-order valence-corrected chi connectivity index (χ1v) is 2.69. The Morgan fingerprint density at radius 1 is 2.00 bits per heavy atom. The van der Waals surface area contributed by atoms with Gasteiger partial charge < -0.3 is 4.51 Å². The molecule has 0 saturated carbocycles. The van der Waals surface area contributed by atoms with Gasteiger partial charge in [0.15, 0.2) is 0 Å². The predicted molar refractivity (Wildman–Crippen MR) is 20.6 cm³/mol. The largest absolute Gasteiger partial charge is 0.300 e. The van der Waals surface area contributed by atoms with Crippen molar-refractivity contribution in [1.29, 1.82) is 0 Å². The highest BCUT2D eigenvalue weighted by molar-refractivity contribution is 7.43. The highest BCUT2D eigenvalue weighted by atomic mass is 31.1. The number of aromatic amines is 1. The lowest BCUT2D eigenvalue weighted by molar-refractivity contribution is 1.69. The van der Waals surface area contributed by atoms with Crippen LogP contribution in [0.3, 0.4) is 0 Å². The minimum atomic E-state index is 0.684. The summed E-state index contributed by atoms with van der Waals surface area (Å²) in [6.07, 6.45) is 0. The SMILES string of the molecule is n1p[nH][pH]1. The Morgan fingerprint density at radius 2 is 2.25 bits per heavy atom. The zero-order chi connectivity index (χ0) is 2.83. The summed E-state index contributed by atoms with van der Waals surface area (Å²) >= 11 is 0. The first-order valence-electron chi connectivity index (χ1n) is 0.897. The van der Waals surface area contributed by atoms with Crippen LogP contribution in [-0.4, -0.2) is 9.02 Å². The van der Waals surface area contributed by atoms with Gasteiger partial charge in [-0.25, -0.2) is 0 Å². The summed E-state index contributed by atoms with van der Waals surface area (Å²) in [5.74, 6) is 0. The Morgan fingerprint density at radius 3 is 2.25 bits per heavy atom. The van der Waals surface area contributed by atoms with Crippen molar-refractivity contribution in [2.45, 2.75) is 0 Å². The van der Waals surface area contributed by atoms with Crippen molar-refractivity contribution in [2.75, 3.05) is 0 Å². The molecule has 0 aliphatic rings. The molecule has 1 rings (SSSR count). The Labute approximate surface area is 27.1 Å². The van der Waals surface area contributed by atoms with Gasteiger partial charge in [0.2, 0.25) is 0 Å². The van der Waals surface area contributed by atoms with E-state index >= 15 is 0 Å². The fourth-order valence-corrected chi connectivity index (χ4v) is 0.450. The maximum atomic E-state index is 3.81. The maximum Gasteiger partial charge on any atom is 0.138 e. The quantitative estimate of drug-likeness (QED) is 0.508. The van der Waals surface area contributed by atoms with Crippen molar-refractivity contribution >= 4 is 17.0 Å². The van der Waals surface area contributed by atoms with Gasteiger partial charge in [0, 0.05) is 8.51 Å². The van der Waals surface area contributed by atoms with E-state index in [2.05, 4.69) is 9.02 Å². The molecule has 4 heteroatoms. The van der Waals surface area contributed by atoms with Gasteiger partial charge >= 0.3 is 0 Å². The van der Waals surface area contributed by atoms with E-state index in [-0.39, 0.29) is 0 Å². The second-order valence-corrected chi connectivity index (χ2v) is 2.54. The molecule has 4 heavy (non-hydrogen) atoms. The Hall–Kier alpha value is 0.200. The van der Waals surface area contributed by atoms with Crippen LogP contribution in [0, 0.1) is 0 Å². The molecule has 1 N–H and O–H groups in total. The zero-order valence-electron chi connectivity index (χ0n) is 1.89. The van der Waals surface area contributed by atoms with Crippen LogP contribution in [0.25, 0.3) is 0 Å². The topological polar surface area (TPSA) is 28.7 Å². The molecule has 0 bridgehead atoms. The van der Waals surface area contributed by atoms with Crippen molar-refractivity contribution in [2.24, 2.45) is 0 Å². The monoisotopic (exact) mass is 92.0 g/mol. The summed E-state index contributed by atoms with van der Waals surface area (Å²) in [5, 5.41) is 0. The molecule has 0 aromatic carbocycles. The maximum absolute atomic E-state index is 3.81. The van der Waals surface area contributed by atoms with Crippen LogP contribution in [0.2, 0.25) is 0 Å². The van der Waals surface area contributed by atoms with Crippen LogP contribution >= 0.6 is 17.0 Å². The molecule has 1 aromatic heterocycles. The van der Waals surface area contributed by atoms with Gasteiger partial charge in [-0.1, -0.05) is 0 Å². The summed E-state index contributed by atoms with van der Waals surface area (Å²) < 4.78 is 6.75. The van der Waals surface area contributed by atoms with Gasteiger partial charge in [-0.15, -0.1) is 0 Å². The van der Waals surface area contributed by atoms with E-state index in [1.807, 2.05) is 0 Å². The van der Waals surface area contributed by atoms with Crippen molar-refractivity contribution in [3.05, 3.63) is 0 Å². The van der Waals surface area contributed by atoms with E-state index in [1.54, 1.807) is 0 Å². The van der Waals surface area contributed by atoms with Crippen LogP contribution < -0.4 is 0 Å². The summed E-state index contributed by atoms with van der Waals surface area (Å²) in [6.45, 7) is 0. The molecule has 1 heterocycles. The second kappa shape index (κ2) is 0.878. The van der Waals surface area contributed by atoms with E-state index in [9.17, 15) is 0 Å². The average molecular weight is 92.0 g/mol. The number of hydrogen-bond acceptors (Lipinski definition) is 1. The minimum absolute atomic E-state index is 0.684. The lowest BCUT2D eigenvalue weighted by Gasteiger charge is -1.72. The van der Waals surface area contributed by atoms with Crippen LogP contribution in [-0.2, 0) is 0 Å². The Bertz CT molecular complexity index is 45.8. The number of nitrogens with one attached hydrogen (secondary N) is 1. The van der Waals surface area contributed by atoms with Crippen LogP contribution in [0.4, 0.5) is 0 Å². The molecule has 0 saturated heterocycles. The average Bonchev–Trinajstić information content (AvgIpc) is 0.722. The molecule has 1 aromatic rings. The standard InChI is InChI=1S/H2N2P2/c1-3-2-4-1/h3H,(H,1,2). The lowest BCUT2D eigenvalue weighted by Crippen LogP contribution is -1.47. The van der Waals surface area contributed by atoms with Crippen molar-refractivity contribution < 1.29 is 0 Å². The minimum Gasteiger partial charge on any atom is -0.300 e. The van der Waals surface area contributed by atoms with Crippen LogP contribution in [0.15, 0.2) is 0 Å². The number of nitrogens with zero attached hydrogens (tertiary/aromatic N) is 1. The Balaban J connectivity index is 3.00. The number of aromatic nitrogens is 2. The first kappa shape index (κ1) is 2.44. The number of H-pyrrole nitrogens is 1. The van der Waals surface area contributed by atoms with Gasteiger partial charge in [0.05, 0.1) is 0 Å². The fraction of sp³-hybridized carbons (Fsp3) is 0. The molecule has 0 amide bonds. The van der Waals surface area contributed by atoms with Gasteiger partial charge in [0.1, 0.15) is 8.51 Å². The summed E-state index contributed by atoms with van der Waals surface area (Å²) in [4.78, 5) is 0. The third kappa shape index (κ3) is 0.180. The number of rotatable bonds is 0. The molecule has 0 fully saturated rings. The van der Waals surface area contributed by atoms with Crippen LogP contribution in [0.5, 0.6) is 0 Å². The van der Waals surface area contributed by atoms with Crippen molar-refractivity contribution in [3.63, 3.8) is 0 Å². The molecule has 0 radical (unpaired) electrons. The zero-order valence-corrected chi connectivity index (χ0v) is 3.79. The summed E-state index contributed by atoms with van der Waals surface area (Å²) in [6, 6.07) is 0. The fourth-order valence-electron chi connectivity index (χ4n) is 0.0500. The summed E-state index contributed by atoms with van der Waals surface area (Å²) in [7, 11) is 1.75. The van der Waals surface area contributed by atoms with Gasteiger partial charge in [0.25, 0.3) is 0 Å². The molecule has 0 aliphatic carbocycles. The molecule has 22 valence electrons. The molecule has 1 unspecified atom stereocenters. The third-order valence-electron chi connectivity index (χ3n) is 0.200. The van der Waals surface area contributed by atoms with Gasteiger partial charge in [-0.2, -0.15) is 4.51 Å². The van der Waals surface area contributed by atoms with Gasteiger partial charge in [-0.05, 0) is 0 Å². The summed E-state index contributed by atoms with van der Waals surface area (Å²) in [5.41, 5.74) is 0. The smallest absolute Gasteiger partial charge is 0.138 e. The molecule has 0 spiro atoms. The van der Waals surface area contributed by atoms with E-state index in [0.29, 0.717) is 8.51 Å². The highest BCUT2D eigenvalue weighted by Gasteiger charge is 1.57. The third-order valence-corrected chi connectivity index (χ3v) is 1.80. The normalized spacial score (nSPS) is 12.0. The van der Waals surface area contributed by atoms with E-state index in [1.165, 1.54) is 0 Å². The van der Waals surface area contributed by atoms with E-state index < -0.39 is 0 Å².